The molecule has 3 unspecified atom stereocenters. The average Bonchev–Trinajstić information content (AvgIpc) is 2.66. The minimum atomic E-state index is -1.32. The van der Waals surface area contributed by atoms with E-state index in [0.717, 1.165) is 6.42 Å². The molecule has 0 rings (SSSR count). The van der Waals surface area contributed by atoms with Crippen LogP contribution in [-0.2, 0) is 14.4 Å². The number of carbonyl (C=O) groups excluding carboxylic acids is 2. The van der Waals surface area contributed by atoms with E-state index >= 15 is 0 Å². The SMILES string of the molecule is CC/C=C/CCC(=O)NCC[N+](CCO)(C(CCC)C(=O)[O-])C(CCC)C(=O)O.[K+]. The Bertz CT molecular complexity index is 518. The third-order valence-corrected chi connectivity index (χ3v) is 5.23. The number of aliphatic carboxylic acids is 2. The Morgan fingerprint density at radius 3 is 2.10 bits per heavy atom. The molecule has 0 spiro atoms. The van der Waals surface area contributed by atoms with Crippen molar-refractivity contribution in [1.29, 1.82) is 0 Å². The summed E-state index contributed by atoms with van der Waals surface area (Å²) in [5.74, 6) is -2.59. The number of carboxylic acids is 2. The Balaban J connectivity index is 0. The molecular formula is C21H38KN2O6+. The van der Waals surface area contributed by atoms with Gasteiger partial charge < -0.3 is 29.9 Å². The number of carboxylic acid groups (broad SMARTS) is 2. The molecular weight excluding hydrogens is 415 g/mol. The summed E-state index contributed by atoms with van der Waals surface area (Å²) in [6.07, 6.45) is 7.36. The Labute approximate surface area is 223 Å². The maximum Gasteiger partial charge on any atom is 1.00 e. The van der Waals surface area contributed by atoms with E-state index in [2.05, 4.69) is 5.32 Å². The van der Waals surface area contributed by atoms with Crippen LogP contribution in [0.3, 0.4) is 0 Å². The van der Waals surface area contributed by atoms with Gasteiger partial charge in [-0.1, -0.05) is 39.3 Å². The molecule has 168 valence electrons. The number of aliphatic hydroxyl groups is 1. The molecule has 0 aromatic carbocycles. The first-order valence-corrected chi connectivity index (χ1v) is 10.6. The smallest absolute Gasteiger partial charge is 0.544 e. The van der Waals surface area contributed by atoms with E-state index in [9.17, 15) is 29.7 Å². The average molecular weight is 454 g/mol. The van der Waals surface area contributed by atoms with Crippen LogP contribution in [0.15, 0.2) is 12.2 Å². The molecule has 0 bridgehead atoms. The topological polar surface area (TPSA) is 127 Å². The number of hydrogen-bond donors (Lipinski definition) is 3. The van der Waals surface area contributed by atoms with Gasteiger partial charge in [-0.2, -0.15) is 0 Å². The van der Waals surface area contributed by atoms with Crippen molar-refractivity contribution in [3.63, 3.8) is 0 Å². The second-order valence-corrected chi connectivity index (χ2v) is 7.31. The van der Waals surface area contributed by atoms with Gasteiger partial charge in [0.2, 0.25) is 5.91 Å². The summed E-state index contributed by atoms with van der Waals surface area (Å²) < 4.78 is -0.328. The Kier molecular flexibility index (Phi) is 19.4. The fourth-order valence-corrected chi connectivity index (χ4v) is 3.86. The number of rotatable bonds is 17. The fraction of sp³-hybridized carbons (Fsp3) is 0.762. The van der Waals surface area contributed by atoms with E-state index in [1.54, 1.807) is 0 Å². The molecule has 0 aliphatic heterocycles. The van der Waals surface area contributed by atoms with Crippen LogP contribution >= 0.6 is 0 Å². The van der Waals surface area contributed by atoms with Crippen molar-refractivity contribution in [2.24, 2.45) is 0 Å². The van der Waals surface area contributed by atoms with Crippen LogP contribution < -0.4 is 61.8 Å². The molecule has 0 aromatic heterocycles. The molecule has 0 fully saturated rings. The molecule has 30 heavy (non-hydrogen) atoms. The maximum atomic E-state index is 12.1. The van der Waals surface area contributed by atoms with Crippen LogP contribution in [-0.4, -0.2) is 70.9 Å². The van der Waals surface area contributed by atoms with Gasteiger partial charge in [0.05, 0.1) is 25.7 Å². The molecule has 3 N–H and O–H groups in total. The number of carbonyl (C=O) groups is 3. The van der Waals surface area contributed by atoms with Crippen molar-refractivity contribution in [1.82, 2.24) is 5.32 Å². The van der Waals surface area contributed by atoms with Gasteiger partial charge in [-0.15, -0.1) is 0 Å². The van der Waals surface area contributed by atoms with Crippen LogP contribution in [0, 0.1) is 0 Å². The predicted molar refractivity (Wildman–Crippen MR) is 109 cm³/mol. The van der Waals surface area contributed by atoms with Crippen molar-refractivity contribution in [2.45, 2.75) is 77.8 Å². The van der Waals surface area contributed by atoms with E-state index in [4.69, 9.17) is 0 Å². The van der Waals surface area contributed by atoms with Gasteiger partial charge in [0, 0.05) is 19.3 Å². The Morgan fingerprint density at radius 1 is 1.03 bits per heavy atom. The van der Waals surface area contributed by atoms with Crippen LogP contribution in [0.1, 0.15) is 65.7 Å². The summed E-state index contributed by atoms with van der Waals surface area (Å²) in [5.41, 5.74) is 0. The minimum absolute atomic E-state index is 0. The van der Waals surface area contributed by atoms with Crippen molar-refractivity contribution in [3.8, 4) is 0 Å². The first-order chi connectivity index (χ1) is 13.8. The fourth-order valence-electron chi connectivity index (χ4n) is 3.86. The largest absolute Gasteiger partial charge is 1.00 e. The van der Waals surface area contributed by atoms with Gasteiger partial charge in [-0.05, 0) is 19.3 Å². The second kappa shape index (κ2) is 18.3. The summed E-state index contributed by atoms with van der Waals surface area (Å²) in [4.78, 5) is 36.0. The van der Waals surface area contributed by atoms with Gasteiger partial charge in [0.25, 0.3) is 0 Å². The zero-order valence-corrected chi connectivity index (χ0v) is 22.2. The van der Waals surface area contributed by atoms with E-state index in [0.29, 0.717) is 25.7 Å². The van der Waals surface area contributed by atoms with Crippen LogP contribution in [0.5, 0.6) is 0 Å². The molecule has 0 heterocycles. The van der Waals surface area contributed by atoms with Crippen molar-refractivity contribution in [2.75, 3.05) is 26.2 Å². The van der Waals surface area contributed by atoms with Crippen molar-refractivity contribution in [3.05, 3.63) is 12.2 Å². The molecule has 0 aliphatic rings. The van der Waals surface area contributed by atoms with E-state index in [1.165, 1.54) is 0 Å². The molecule has 0 aliphatic carbocycles. The van der Waals surface area contributed by atoms with E-state index < -0.39 is 24.0 Å². The summed E-state index contributed by atoms with van der Waals surface area (Å²) >= 11 is 0. The summed E-state index contributed by atoms with van der Waals surface area (Å²) in [6.45, 7) is 5.54. The molecule has 9 heteroatoms. The standard InChI is InChI=1S/C21H38N2O6.K/c1-4-7-8-9-12-19(25)22-13-14-23(15-16-24,17(10-5-2)20(26)27)18(11-6-3)21(28)29;/h7-8,17-18,24H,4-6,9-16H2,1-3H3,(H2-,22,25,26,27,28,29);/q;+1/b8-7+;. The number of nitrogens with one attached hydrogen (secondary N) is 1. The predicted octanol–water partition coefficient (Wildman–Crippen LogP) is -2.17. The minimum Gasteiger partial charge on any atom is -0.544 e. The van der Waals surface area contributed by atoms with Crippen LogP contribution in [0.2, 0.25) is 0 Å². The van der Waals surface area contributed by atoms with Crippen molar-refractivity contribution >= 4 is 17.8 Å². The van der Waals surface area contributed by atoms with E-state index in [-0.39, 0.29) is 101 Å². The third kappa shape index (κ3) is 10.8. The molecule has 8 nitrogen and oxygen atoms in total. The summed E-state index contributed by atoms with van der Waals surface area (Å²) in [5, 5.41) is 34.2. The maximum absolute atomic E-state index is 12.1. The second-order valence-electron chi connectivity index (χ2n) is 7.31. The van der Waals surface area contributed by atoms with Gasteiger partial charge in [0.1, 0.15) is 12.6 Å². The zero-order valence-electron chi connectivity index (χ0n) is 19.1. The summed E-state index contributed by atoms with van der Waals surface area (Å²) in [7, 11) is 0. The van der Waals surface area contributed by atoms with Crippen LogP contribution in [0.4, 0.5) is 0 Å². The quantitative estimate of drug-likeness (QED) is 0.131. The molecule has 1 amide bonds. The number of nitrogens with zero attached hydrogens (tertiary/aromatic N) is 1. The van der Waals surface area contributed by atoms with Crippen molar-refractivity contribution < 1.29 is 85.6 Å². The van der Waals surface area contributed by atoms with Gasteiger partial charge in [0.15, 0.2) is 6.04 Å². The van der Waals surface area contributed by atoms with Gasteiger partial charge in [-0.3, -0.25) is 4.79 Å². The molecule has 3 atom stereocenters. The normalized spacial score (nSPS) is 15.1. The number of allylic oxidation sites excluding steroid dienone is 2. The molecule has 0 saturated heterocycles. The first kappa shape index (κ1) is 31.9. The summed E-state index contributed by atoms with van der Waals surface area (Å²) in [6, 6.07) is -2.06. The zero-order chi connectivity index (χ0) is 22.3. The number of quaternary nitrogens is 1. The number of hydrogen-bond acceptors (Lipinski definition) is 5. The van der Waals surface area contributed by atoms with Gasteiger partial charge >= 0.3 is 57.4 Å². The molecule has 0 aromatic rings. The molecule has 0 saturated carbocycles. The third-order valence-electron chi connectivity index (χ3n) is 5.23. The number of aliphatic hydroxyl groups excluding tert-OH is 1. The van der Waals surface area contributed by atoms with Gasteiger partial charge in [-0.25, -0.2) is 4.79 Å². The number of amides is 1. The van der Waals surface area contributed by atoms with Crippen LogP contribution in [0.25, 0.3) is 0 Å². The first-order valence-electron chi connectivity index (χ1n) is 10.6. The Hall–Kier alpha value is -0.294. The van der Waals surface area contributed by atoms with E-state index in [1.807, 2.05) is 32.9 Å². The molecule has 0 radical (unpaired) electrons. The Morgan fingerprint density at radius 2 is 1.63 bits per heavy atom. The monoisotopic (exact) mass is 453 g/mol.